The van der Waals surface area contributed by atoms with Gasteiger partial charge in [-0.15, -0.1) is 0 Å². The van der Waals surface area contributed by atoms with E-state index in [1.165, 1.54) is 6.20 Å². The summed E-state index contributed by atoms with van der Waals surface area (Å²) in [5, 5.41) is 9.14. The molecule has 0 saturated carbocycles. The Morgan fingerprint density at radius 3 is 2.56 bits per heavy atom. The van der Waals surface area contributed by atoms with Crippen LogP contribution < -0.4 is 16.0 Å². The van der Waals surface area contributed by atoms with Crippen molar-refractivity contribution in [1.29, 1.82) is 0 Å². The molecule has 1 saturated heterocycles. The van der Waals surface area contributed by atoms with Gasteiger partial charge in [0.05, 0.1) is 11.9 Å². The molecule has 1 aliphatic rings. The van der Waals surface area contributed by atoms with E-state index in [4.69, 9.17) is 0 Å². The van der Waals surface area contributed by atoms with Gasteiger partial charge in [0.15, 0.2) is 0 Å². The molecule has 2 rings (SSSR count). The second kappa shape index (κ2) is 9.46. The Morgan fingerprint density at radius 2 is 1.96 bits per heavy atom. The predicted molar refractivity (Wildman–Crippen MR) is 96.1 cm³/mol. The van der Waals surface area contributed by atoms with E-state index in [1.807, 2.05) is 6.92 Å². The lowest BCUT2D eigenvalue weighted by Gasteiger charge is -2.30. The molecule has 2 heterocycles. The van der Waals surface area contributed by atoms with Gasteiger partial charge in [-0.2, -0.15) is 0 Å². The summed E-state index contributed by atoms with van der Waals surface area (Å²) in [5.74, 6) is 0.189. The van der Waals surface area contributed by atoms with Crippen molar-refractivity contribution in [3.8, 4) is 0 Å². The molecule has 1 unspecified atom stereocenters. The molecule has 2 amide bonds. The third-order valence-electron chi connectivity index (χ3n) is 4.46. The van der Waals surface area contributed by atoms with Gasteiger partial charge < -0.3 is 16.0 Å². The Bertz CT molecular complexity index is 567. The largest absolute Gasteiger partial charge is 0.354 e. The van der Waals surface area contributed by atoms with Crippen molar-refractivity contribution in [2.75, 3.05) is 19.6 Å². The lowest BCUT2D eigenvalue weighted by atomic mass is 9.89. The maximum atomic E-state index is 12.7. The number of nitrogens with one attached hydrogen (secondary N) is 3. The first-order valence-electron chi connectivity index (χ1n) is 9.05. The quantitative estimate of drug-likeness (QED) is 0.685. The number of amides is 2. The second-order valence-corrected chi connectivity index (χ2v) is 7.06. The van der Waals surface area contributed by atoms with Crippen molar-refractivity contribution in [1.82, 2.24) is 25.9 Å². The van der Waals surface area contributed by atoms with Gasteiger partial charge in [-0.05, 0) is 51.1 Å². The fraction of sp³-hybridized carbons (Fsp3) is 0.667. The average Bonchev–Trinajstić information content (AvgIpc) is 2.60. The zero-order valence-corrected chi connectivity index (χ0v) is 15.3. The van der Waals surface area contributed by atoms with Crippen molar-refractivity contribution in [3.05, 3.63) is 23.8 Å². The van der Waals surface area contributed by atoms with Crippen LogP contribution in [-0.2, 0) is 4.79 Å². The van der Waals surface area contributed by atoms with Crippen LogP contribution in [0.5, 0.6) is 0 Å². The molecule has 0 bridgehead atoms. The first-order valence-corrected chi connectivity index (χ1v) is 9.05. The van der Waals surface area contributed by atoms with Gasteiger partial charge in [-0.1, -0.05) is 13.8 Å². The third-order valence-corrected chi connectivity index (χ3v) is 4.46. The summed E-state index contributed by atoms with van der Waals surface area (Å²) in [6.45, 7) is 8.40. The summed E-state index contributed by atoms with van der Waals surface area (Å²) < 4.78 is 0. The first-order chi connectivity index (χ1) is 12.0. The molecule has 7 nitrogen and oxygen atoms in total. The molecule has 138 valence electrons. The second-order valence-electron chi connectivity index (χ2n) is 7.06. The van der Waals surface area contributed by atoms with Crippen molar-refractivity contribution >= 4 is 11.8 Å². The Labute approximate surface area is 149 Å². The van der Waals surface area contributed by atoms with Crippen LogP contribution in [0, 0.1) is 18.8 Å². The van der Waals surface area contributed by atoms with Crippen LogP contribution in [0.2, 0.25) is 0 Å². The van der Waals surface area contributed by atoms with Gasteiger partial charge in [0.2, 0.25) is 5.91 Å². The molecule has 1 aromatic heterocycles. The van der Waals surface area contributed by atoms with Crippen molar-refractivity contribution in [2.45, 2.75) is 46.1 Å². The van der Waals surface area contributed by atoms with Crippen LogP contribution in [0.15, 0.2) is 12.4 Å². The highest BCUT2D eigenvalue weighted by atomic mass is 16.2. The molecule has 3 N–H and O–H groups in total. The first kappa shape index (κ1) is 19.3. The summed E-state index contributed by atoms with van der Waals surface area (Å²) in [6.07, 6.45) is 5.64. The van der Waals surface area contributed by atoms with Crippen molar-refractivity contribution < 1.29 is 9.59 Å². The Hall–Kier alpha value is -2.02. The summed E-state index contributed by atoms with van der Waals surface area (Å²) in [4.78, 5) is 33.4. The SMILES string of the molecule is Cc1cnc(C(=O)NC(C(=O)NCCC(C)C)C2CCNCC2)cn1. The van der Waals surface area contributed by atoms with Crippen molar-refractivity contribution in [3.63, 3.8) is 0 Å². The smallest absolute Gasteiger partial charge is 0.272 e. The predicted octanol–water partition coefficient (Wildman–Crippen LogP) is 1.05. The number of hydrogen-bond donors (Lipinski definition) is 3. The Balaban J connectivity index is 2.03. The minimum Gasteiger partial charge on any atom is -0.354 e. The average molecular weight is 347 g/mol. The number of aryl methyl sites for hydroxylation is 1. The monoisotopic (exact) mass is 347 g/mol. The zero-order chi connectivity index (χ0) is 18.2. The minimum atomic E-state index is -0.537. The van der Waals surface area contributed by atoms with E-state index in [0.29, 0.717) is 12.5 Å². The van der Waals surface area contributed by atoms with Gasteiger partial charge in [-0.3, -0.25) is 14.6 Å². The number of carbonyl (C=O) groups is 2. The summed E-state index contributed by atoms with van der Waals surface area (Å²) in [6, 6.07) is -0.537. The van der Waals surface area contributed by atoms with E-state index < -0.39 is 6.04 Å². The molecule has 7 heteroatoms. The van der Waals surface area contributed by atoms with E-state index in [-0.39, 0.29) is 23.4 Å². The standard InChI is InChI=1S/C18H29N5O2/c1-12(2)4-9-20-18(25)16(14-5-7-19-8-6-14)23-17(24)15-11-21-13(3)10-22-15/h10-12,14,16,19H,4-9H2,1-3H3,(H,20,25)(H,23,24). The molecule has 1 aromatic rings. The molecular formula is C18H29N5O2. The molecule has 1 aliphatic heterocycles. The Morgan fingerprint density at radius 1 is 1.24 bits per heavy atom. The maximum absolute atomic E-state index is 12.7. The lowest BCUT2D eigenvalue weighted by molar-refractivity contribution is -0.124. The van der Waals surface area contributed by atoms with Crippen LogP contribution in [0.4, 0.5) is 0 Å². The molecule has 1 fully saturated rings. The summed E-state index contributed by atoms with van der Waals surface area (Å²) in [7, 11) is 0. The molecule has 1 atom stereocenters. The van der Waals surface area contributed by atoms with E-state index in [1.54, 1.807) is 6.20 Å². The number of hydrogen-bond acceptors (Lipinski definition) is 5. The molecule has 0 spiro atoms. The topological polar surface area (TPSA) is 96.0 Å². The van der Waals surface area contributed by atoms with E-state index in [0.717, 1.165) is 38.0 Å². The number of rotatable bonds is 7. The van der Waals surface area contributed by atoms with Gasteiger partial charge in [0.25, 0.3) is 5.91 Å². The molecular weight excluding hydrogens is 318 g/mol. The van der Waals surface area contributed by atoms with Gasteiger partial charge in [0, 0.05) is 12.7 Å². The lowest BCUT2D eigenvalue weighted by Crippen LogP contribution is -2.53. The summed E-state index contributed by atoms with van der Waals surface area (Å²) in [5.41, 5.74) is 0.984. The fourth-order valence-electron chi connectivity index (χ4n) is 2.89. The highest BCUT2D eigenvalue weighted by Crippen LogP contribution is 2.17. The van der Waals surface area contributed by atoms with E-state index >= 15 is 0 Å². The van der Waals surface area contributed by atoms with Gasteiger partial charge in [0.1, 0.15) is 11.7 Å². The zero-order valence-electron chi connectivity index (χ0n) is 15.3. The molecule has 0 radical (unpaired) electrons. The number of carbonyl (C=O) groups excluding carboxylic acids is 2. The summed E-state index contributed by atoms with van der Waals surface area (Å²) >= 11 is 0. The van der Waals surface area contributed by atoms with Crippen LogP contribution in [0.3, 0.4) is 0 Å². The maximum Gasteiger partial charge on any atom is 0.272 e. The molecule has 25 heavy (non-hydrogen) atoms. The van der Waals surface area contributed by atoms with Crippen molar-refractivity contribution in [2.24, 2.45) is 11.8 Å². The Kier molecular flexibility index (Phi) is 7.31. The molecule has 0 aromatic carbocycles. The highest BCUT2D eigenvalue weighted by Gasteiger charge is 2.31. The number of piperidine rings is 1. The van der Waals surface area contributed by atoms with E-state index in [2.05, 4.69) is 39.8 Å². The van der Waals surface area contributed by atoms with Crippen LogP contribution in [0.25, 0.3) is 0 Å². The van der Waals surface area contributed by atoms with Crippen LogP contribution in [0.1, 0.15) is 49.3 Å². The van der Waals surface area contributed by atoms with E-state index in [9.17, 15) is 9.59 Å². The van der Waals surface area contributed by atoms with Crippen LogP contribution in [-0.4, -0.2) is 47.5 Å². The fourth-order valence-corrected chi connectivity index (χ4v) is 2.89. The van der Waals surface area contributed by atoms with Gasteiger partial charge in [-0.25, -0.2) is 4.98 Å². The minimum absolute atomic E-state index is 0.110. The molecule has 0 aliphatic carbocycles. The normalized spacial score (nSPS) is 16.5. The van der Waals surface area contributed by atoms with Gasteiger partial charge >= 0.3 is 0 Å². The highest BCUT2D eigenvalue weighted by molar-refractivity contribution is 5.96. The third kappa shape index (κ3) is 6.08. The van der Waals surface area contributed by atoms with Crippen LogP contribution >= 0.6 is 0 Å². The number of nitrogens with zero attached hydrogens (tertiary/aromatic N) is 2. The number of aromatic nitrogens is 2.